The standard InChI is InChI=1S/C26H28N2O2/c1-13-7-17-21(9-15(13)3)27(5)23-12-20-24(11-19(23)25(17)29)28(6)22-10-16(4)14(2)8-18(22)26(20)30/h7-12,17-18,21-22H,1-6H3. The Kier molecular flexibility index (Phi) is 4.02. The minimum atomic E-state index is -0.177. The van der Waals surface area contributed by atoms with Crippen molar-refractivity contribution in [1.82, 2.24) is 0 Å². The van der Waals surface area contributed by atoms with Gasteiger partial charge in [0, 0.05) is 36.6 Å². The van der Waals surface area contributed by atoms with E-state index < -0.39 is 0 Å². The highest BCUT2D eigenvalue weighted by Gasteiger charge is 2.43. The van der Waals surface area contributed by atoms with E-state index in [2.05, 4.69) is 61.8 Å². The average molecular weight is 401 g/mol. The van der Waals surface area contributed by atoms with Gasteiger partial charge in [0.2, 0.25) is 0 Å². The summed E-state index contributed by atoms with van der Waals surface area (Å²) in [6, 6.07) is 3.91. The average Bonchev–Trinajstić information content (AvgIpc) is 2.72. The molecule has 4 aliphatic rings. The van der Waals surface area contributed by atoms with Gasteiger partial charge in [0.1, 0.15) is 0 Å². The zero-order chi connectivity index (χ0) is 21.5. The summed E-state index contributed by atoms with van der Waals surface area (Å²) in [5, 5.41) is 0. The van der Waals surface area contributed by atoms with Crippen molar-refractivity contribution < 1.29 is 9.59 Å². The maximum absolute atomic E-state index is 13.5. The second kappa shape index (κ2) is 6.31. The van der Waals surface area contributed by atoms with Crippen molar-refractivity contribution >= 4 is 22.9 Å². The van der Waals surface area contributed by atoms with Crippen molar-refractivity contribution in [2.24, 2.45) is 11.8 Å². The van der Waals surface area contributed by atoms with Gasteiger partial charge in [0.25, 0.3) is 0 Å². The molecule has 4 nitrogen and oxygen atoms in total. The molecule has 0 amide bonds. The van der Waals surface area contributed by atoms with E-state index in [1.807, 2.05) is 26.2 Å². The van der Waals surface area contributed by atoms with E-state index in [4.69, 9.17) is 0 Å². The molecule has 0 radical (unpaired) electrons. The summed E-state index contributed by atoms with van der Waals surface area (Å²) in [7, 11) is 4.06. The third-order valence-corrected chi connectivity index (χ3v) is 7.59. The fourth-order valence-corrected chi connectivity index (χ4v) is 5.38. The number of anilines is 2. The summed E-state index contributed by atoms with van der Waals surface area (Å²) < 4.78 is 0. The van der Waals surface area contributed by atoms with Crippen molar-refractivity contribution in [3.05, 3.63) is 69.9 Å². The number of carbonyl (C=O) groups excluding carboxylic acids is 2. The number of hydrogen-bond acceptors (Lipinski definition) is 4. The number of likely N-dealkylation sites (N-methyl/N-ethyl adjacent to an activating group) is 2. The third kappa shape index (κ3) is 2.46. The number of ketones is 2. The van der Waals surface area contributed by atoms with E-state index in [0.717, 1.165) is 22.5 Å². The first-order valence-electron chi connectivity index (χ1n) is 10.7. The van der Waals surface area contributed by atoms with Crippen LogP contribution in [0.25, 0.3) is 0 Å². The topological polar surface area (TPSA) is 40.6 Å². The Hall–Kier alpha value is -2.88. The quantitative estimate of drug-likeness (QED) is 0.631. The van der Waals surface area contributed by atoms with Crippen LogP contribution in [0.5, 0.6) is 0 Å². The maximum Gasteiger partial charge on any atom is 0.174 e. The molecule has 1 aromatic rings. The molecule has 0 N–H and O–H groups in total. The minimum absolute atomic E-state index is 0.00155. The molecule has 4 heteroatoms. The smallest absolute Gasteiger partial charge is 0.174 e. The molecule has 5 rings (SSSR count). The molecular formula is C26H28N2O2. The Morgan fingerprint density at radius 1 is 0.600 bits per heavy atom. The Labute approximate surface area is 178 Å². The van der Waals surface area contributed by atoms with Crippen molar-refractivity contribution in [1.29, 1.82) is 0 Å². The Balaban J connectivity index is 1.67. The van der Waals surface area contributed by atoms with Crippen molar-refractivity contribution in [3.8, 4) is 0 Å². The van der Waals surface area contributed by atoms with Crippen LogP contribution >= 0.6 is 0 Å². The normalized spacial score (nSPS) is 29.8. The van der Waals surface area contributed by atoms with Crippen LogP contribution in [0.4, 0.5) is 11.4 Å². The van der Waals surface area contributed by atoms with Crippen LogP contribution < -0.4 is 9.80 Å². The van der Waals surface area contributed by atoms with Crippen LogP contribution in [0.3, 0.4) is 0 Å². The van der Waals surface area contributed by atoms with Crippen LogP contribution in [0.1, 0.15) is 48.4 Å². The van der Waals surface area contributed by atoms with Gasteiger partial charge in [-0.3, -0.25) is 9.59 Å². The monoisotopic (exact) mass is 400 g/mol. The largest absolute Gasteiger partial charge is 0.366 e. The van der Waals surface area contributed by atoms with Crippen LogP contribution in [0, 0.1) is 11.8 Å². The molecule has 2 aliphatic heterocycles. The Morgan fingerprint density at radius 2 is 0.933 bits per heavy atom. The van der Waals surface area contributed by atoms with E-state index in [9.17, 15) is 9.59 Å². The van der Waals surface area contributed by atoms with Gasteiger partial charge in [-0.2, -0.15) is 0 Å². The van der Waals surface area contributed by atoms with E-state index in [-0.39, 0.29) is 35.5 Å². The number of nitrogens with zero attached hydrogens (tertiary/aromatic N) is 2. The molecule has 0 spiro atoms. The summed E-state index contributed by atoms with van der Waals surface area (Å²) in [5.74, 6) is -0.0610. The van der Waals surface area contributed by atoms with Gasteiger partial charge in [0.15, 0.2) is 11.6 Å². The summed E-state index contributed by atoms with van der Waals surface area (Å²) in [6.07, 6.45) is 8.58. The summed E-state index contributed by atoms with van der Waals surface area (Å²) >= 11 is 0. The first kappa shape index (κ1) is 19.1. The zero-order valence-electron chi connectivity index (χ0n) is 18.5. The van der Waals surface area contributed by atoms with Gasteiger partial charge in [-0.1, -0.05) is 46.6 Å². The van der Waals surface area contributed by atoms with Crippen LogP contribution in [-0.2, 0) is 0 Å². The van der Waals surface area contributed by atoms with Crippen LogP contribution in [-0.4, -0.2) is 37.7 Å². The Morgan fingerprint density at radius 3 is 1.30 bits per heavy atom. The van der Waals surface area contributed by atoms with E-state index in [1.54, 1.807) is 0 Å². The number of Topliss-reactive ketones (excluding diaryl/α,β-unsaturated/α-hetero) is 2. The first-order valence-corrected chi connectivity index (χ1v) is 10.7. The molecule has 0 saturated carbocycles. The predicted octanol–water partition coefficient (Wildman–Crippen LogP) is 4.73. The lowest BCUT2D eigenvalue weighted by atomic mass is 9.75. The summed E-state index contributed by atoms with van der Waals surface area (Å²) in [4.78, 5) is 31.3. The van der Waals surface area contributed by atoms with Crippen LogP contribution in [0.2, 0.25) is 0 Å². The highest BCUT2D eigenvalue weighted by atomic mass is 16.1. The van der Waals surface area contributed by atoms with Gasteiger partial charge < -0.3 is 9.80 Å². The predicted molar refractivity (Wildman–Crippen MR) is 121 cm³/mol. The third-order valence-electron chi connectivity index (χ3n) is 7.59. The maximum atomic E-state index is 13.5. The van der Waals surface area contributed by atoms with Crippen molar-refractivity contribution in [2.75, 3.05) is 23.9 Å². The lowest BCUT2D eigenvalue weighted by Gasteiger charge is -2.44. The number of rotatable bonds is 0. The number of carbonyl (C=O) groups is 2. The van der Waals surface area contributed by atoms with E-state index in [1.165, 1.54) is 22.3 Å². The SMILES string of the molecule is CC1=CC2C(=O)c3cc4c(cc3N(C)C2C=C1C)C(=O)C1C=C(C)C(C)=CC1N4C. The number of fused-ring (bicyclic) bond motifs is 4. The van der Waals surface area contributed by atoms with Gasteiger partial charge in [-0.15, -0.1) is 0 Å². The lowest BCUT2D eigenvalue weighted by Crippen LogP contribution is -2.48. The fourth-order valence-electron chi connectivity index (χ4n) is 5.38. The molecule has 1 aromatic carbocycles. The van der Waals surface area contributed by atoms with Gasteiger partial charge in [-0.05, 0) is 39.8 Å². The molecule has 4 atom stereocenters. The molecule has 154 valence electrons. The minimum Gasteiger partial charge on any atom is -0.366 e. The number of allylic oxidation sites excluding steroid dienone is 4. The van der Waals surface area contributed by atoms with Crippen molar-refractivity contribution in [2.45, 2.75) is 39.8 Å². The molecule has 0 bridgehead atoms. The first-order chi connectivity index (χ1) is 14.2. The lowest BCUT2D eigenvalue weighted by molar-refractivity contribution is 0.0915. The molecule has 0 saturated heterocycles. The summed E-state index contributed by atoms with van der Waals surface area (Å²) in [5.41, 5.74) is 7.91. The Bertz CT molecular complexity index is 1040. The molecule has 2 aliphatic carbocycles. The van der Waals surface area contributed by atoms with E-state index in [0.29, 0.717) is 0 Å². The van der Waals surface area contributed by atoms with Crippen molar-refractivity contribution in [3.63, 3.8) is 0 Å². The van der Waals surface area contributed by atoms with Gasteiger partial charge in [0.05, 0.1) is 23.9 Å². The molecule has 2 heterocycles. The second-order valence-corrected chi connectivity index (χ2v) is 9.27. The molecule has 0 fully saturated rings. The highest BCUT2D eigenvalue weighted by molar-refractivity contribution is 6.13. The highest BCUT2D eigenvalue weighted by Crippen LogP contribution is 2.45. The fraction of sp³-hybridized carbons (Fsp3) is 0.385. The second-order valence-electron chi connectivity index (χ2n) is 9.27. The molecular weight excluding hydrogens is 372 g/mol. The van der Waals surface area contributed by atoms with Crippen LogP contribution in [0.15, 0.2) is 58.7 Å². The van der Waals surface area contributed by atoms with Gasteiger partial charge in [-0.25, -0.2) is 0 Å². The zero-order valence-corrected chi connectivity index (χ0v) is 18.5. The number of benzene rings is 1. The molecule has 30 heavy (non-hydrogen) atoms. The molecule has 4 unspecified atom stereocenters. The van der Waals surface area contributed by atoms with Gasteiger partial charge >= 0.3 is 0 Å². The summed E-state index contributed by atoms with van der Waals surface area (Å²) in [6.45, 7) is 8.32. The van der Waals surface area contributed by atoms with E-state index >= 15 is 0 Å². The molecule has 0 aromatic heterocycles. The number of hydrogen-bond donors (Lipinski definition) is 0.